The zero-order valence-electron chi connectivity index (χ0n) is 14.7. The fourth-order valence-corrected chi connectivity index (χ4v) is 4.37. The molecule has 28 heavy (non-hydrogen) atoms. The topological polar surface area (TPSA) is 92.5 Å². The SMILES string of the molecule is Cc1cnc(Cl)c(S(=O)(=O)NC(=O)c2cc3c(F)cc(N4CCC4)cc3o2)c1. The van der Waals surface area contributed by atoms with Gasteiger partial charge in [-0.15, -0.1) is 0 Å². The molecule has 1 saturated heterocycles. The van der Waals surface area contributed by atoms with Crippen molar-refractivity contribution < 1.29 is 22.0 Å². The van der Waals surface area contributed by atoms with Crippen molar-refractivity contribution in [3.05, 3.63) is 52.8 Å². The number of nitrogens with one attached hydrogen (secondary N) is 1. The van der Waals surface area contributed by atoms with Gasteiger partial charge in [-0.2, -0.15) is 0 Å². The minimum absolute atomic E-state index is 0.0991. The van der Waals surface area contributed by atoms with E-state index in [1.807, 2.05) is 9.62 Å². The van der Waals surface area contributed by atoms with E-state index in [9.17, 15) is 17.6 Å². The van der Waals surface area contributed by atoms with Gasteiger partial charge in [0.15, 0.2) is 5.76 Å². The van der Waals surface area contributed by atoms with Crippen molar-refractivity contribution in [1.82, 2.24) is 9.71 Å². The summed E-state index contributed by atoms with van der Waals surface area (Å²) in [6.45, 7) is 3.28. The van der Waals surface area contributed by atoms with Gasteiger partial charge in [-0.25, -0.2) is 22.5 Å². The lowest BCUT2D eigenvalue weighted by molar-refractivity contribution is 0.0956. The van der Waals surface area contributed by atoms with Crippen LogP contribution in [0, 0.1) is 12.7 Å². The predicted octanol–water partition coefficient (Wildman–Crippen LogP) is 3.26. The summed E-state index contributed by atoms with van der Waals surface area (Å²) in [6, 6.07) is 5.46. The first-order valence-electron chi connectivity index (χ1n) is 8.42. The third-order valence-corrected chi connectivity index (χ3v) is 6.23. The second-order valence-corrected chi connectivity index (χ2v) is 8.54. The number of rotatable bonds is 4. The number of furan rings is 1. The van der Waals surface area contributed by atoms with Crippen molar-refractivity contribution >= 4 is 44.2 Å². The Balaban J connectivity index is 1.65. The maximum absolute atomic E-state index is 14.4. The number of sulfonamides is 1. The fourth-order valence-electron chi connectivity index (χ4n) is 2.89. The van der Waals surface area contributed by atoms with Crippen LogP contribution in [0.4, 0.5) is 10.1 Å². The first-order valence-corrected chi connectivity index (χ1v) is 10.3. The molecule has 3 heterocycles. The molecule has 7 nitrogen and oxygen atoms in total. The van der Waals surface area contributed by atoms with Crippen molar-refractivity contribution in [3.8, 4) is 0 Å². The van der Waals surface area contributed by atoms with Crippen LogP contribution in [-0.4, -0.2) is 32.4 Å². The van der Waals surface area contributed by atoms with Gasteiger partial charge in [-0.3, -0.25) is 4.79 Å². The molecule has 0 bridgehead atoms. The first-order chi connectivity index (χ1) is 13.2. The monoisotopic (exact) mass is 423 g/mol. The molecular weight excluding hydrogens is 409 g/mol. The van der Waals surface area contributed by atoms with Crippen LogP contribution in [0.25, 0.3) is 11.0 Å². The molecule has 1 fully saturated rings. The lowest BCUT2D eigenvalue weighted by atomic mass is 10.1. The molecule has 0 spiro atoms. The molecule has 0 atom stereocenters. The van der Waals surface area contributed by atoms with E-state index in [1.54, 1.807) is 13.0 Å². The van der Waals surface area contributed by atoms with E-state index in [2.05, 4.69) is 4.98 Å². The second kappa shape index (κ2) is 6.75. The average Bonchev–Trinajstić information content (AvgIpc) is 3.00. The van der Waals surface area contributed by atoms with E-state index in [-0.39, 0.29) is 26.8 Å². The lowest BCUT2D eigenvalue weighted by Gasteiger charge is -2.33. The summed E-state index contributed by atoms with van der Waals surface area (Å²) >= 11 is 5.84. The van der Waals surface area contributed by atoms with E-state index < -0.39 is 21.7 Å². The number of hydrogen-bond donors (Lipinski definition) is 1. The van der Waals surface area contributed by atoms with E-state index in [1.165, 1.54) is 24.4 Å². The molecule has 0 unspecified atom stereocenters. The van der Waals surface area contributed by atoms with Gasteiger partial charge in [-0.05, 0) is 31.0 Å². The second-order valence-electron chi connectivity index (χ2n) is 6.53. The highest BCUT2D eigenvalue weighted by molar-refractivity contribution is 7.90. The fraction of sp³-hybridized carbons (Fsp3) is 0.222. The number of carbonyl (C=O) groups excluding carboxylic acids is 1. The highest BCUT2D eigenvalue weighted by Crippen LogP contribution is 2.30. The summed E-state index contributed by atoms with van der Waals surface area (Å²) in [6.07, 6.45) is 2.43. The normalized spacial score (nSPS) is 14.2. The minimum Gasteiger partial charge on any atom is -0.451 e. The Hall–Kier alpha value is -2.65. The van der Waals surface area contributed by atoms with Crippen LogP contribution in [-0.2, 0) is 10.0 Å². The third kappa shape index (κ3) is 3.31. The quantitative estimate of drug-likeness (QED) is 0.647. The van der Waals surface area contributed by atoms with E-state index in [4.69, 9.17) is 16.0 Å². The first kappa shape index (κ1) is 18.7. The molecule has 3 aromatic rings. The van der Waals surface area contributed by atoms with Gasteiger partial charge < -0.3 is 9.32 Å². The van der Waals surface area contributed by atoms with Crippen molar-refractivity contribution in [1.29, 1.82) is 0 Å². The van der Waals surface area contributed by atoms with Crippen LogP contribution in [0.2, 0.25) is 5.15 Å². The minimum atomic E-state index is -4.28. The van der Waals surface area contributed by atoms with Gasteiger partial charge in [-0.1, -0.05) is 11.6 Å². The van der Waals surface area contributed by atoms with E-state index in [0.29, 0.717) is 11.3 Å². The molecule has 1 aliphatic heterocycles. The molecule has 1 aromatic carbocycles. The van der Waals surface area contributed by atoms with Gasteiger partial charge in [0, 0.05) is 37.1 Å². The summed E-state index contributed by atoms with van der Waals surface area (Å²) in [5.41, 5.74) is 1.38. The molecule has 1 aliphatic rings. The Morgan fingerprint density at radius 1 is 1.29 bits per heavy atom. The summed E-state index contributed by atoms with van der Waals surface area (Å²) in [4.78, 5) is 17.8. The highest BCUT2D eigenvalue weighted by atomic mass is 35.5. The van der Waals surface area contributed by atoms with Crippen molar-refractivity contribution in [2.75, 3.05) is 18.0 Å². The number of aryl methyl sites for hydroxylation is 1. The summed E-state index contributed by atoms with van der Waals surface area (Å²) in [5, 5.41) is -0.164. The molecule has 10 heteroatoms. The van der Waals surface area contributed by atoms with Gasteiger partial charge in [0.05, 0.1) is 5.39 Å². The van der Waals surface area contributed by atoms with Crippen LogP contribution >= 0.6 is 11.6 Å². The van der Waals surface area contributed by atoms with E-state index >= 15 is 0 Å². The van der Waals surface area contributed by atoms with Gasteiger partial charge in [0.25, 0.3) is 10.0 Å². The molecule has 146 valence electrons. The number of hydrogen-bond acceptors (Lipinski definition) is 6. The number of pyridine rings is 1. The van der Waals surface area contributed by atoms with Gasteiger partial charge in [0.1, 0.15) is 21.4 Å². The van der Waals surface area contributed by atoms with Crippen molar-refractivity contribution in [3.63, 3.8) is 0 Å². The van der Waals surface area contributed by atoms with Crippen LogP contribution in [0.1, 0.15) is 22.5 Å². The molecule has 1 N–H and O–H groups in total. The molecular formula is C18H15ClFN3O4S. The zero-order valence-corrected chi connectivity index (χ0v) is 16.3. The number of anilines is 1. The van der Waals surface area contributed by atoms with Crippen LogP contribution in [0.5, 0.6) is 0 Å². The van der Waals surface area contributed by atoms with Crippen molar-refractivity contribution in [2.24, 2.45) is 0 Å². The lowest BCUT2D eigenvalue weighted by Crippen LogP contribution is -2.36. The summed E-state index contributed by atoms with van der Waals surface area (Å²) in [7, 11) is -4.28. The predicted molar refractivity (Wildman–Crippen MR) is 102 cm³/mol. The zero-order chi connectivity index (χ0) is 20.1. The number of aromatic nitrogens is 1. The molecule has 0 radical (unpaired) electrons. The Labute approximate surface area is 165 Å². The molecule has 0 aliphatic carbocycles. The third-order valence-electron chi connectivity index (χ3n) is 4.48. The number of nitrogens with zero attached hydrogens (tertiary/aromatic N) is 2. The smallest absolute Gasteiger partial charge is 0.300 e. The van der Waals surface area contributed by atoms with Gasteiger partial charge >= 0.3 is 5.91 Å². The van der Waals surface area contributed by atoms with Crippen LogP contribution in [0.3, 0.4) is 0 Å². The molecule has 4 rings (SSSR count). The average molecular weight is 424 g/mol. The standard InChI is InChI=1S/C18H15ClFN3O4S/c1-10-5-16(17(19)21-9-10)28(25,26)22-18(24)15-8-12-13(20)6-11(7-14(12)27-15)23-3-2-4-23/h5-9H,2-4H2,1H3,(H,22,24). The Kier molecular flexibility index (Phi) is 4.51. The molecule has 1 amide bonds. The van der Waals surface area contributed by atoms with Crippen LogP contribution in [0.15, 0.2) is 39.8 Å². The van der Waals surface area contributed by atoms with Crippen molar-refractivity contribution in [2.45, 2.75) is 18.2 Å². The number of halogens is 2. The summed E-state index contributed by atoms with van der Waals surface area (Å²) < 4.78 is 46.6. The Morgan fingerprint density at radius 2 is 2.04 bits per heavy atom. The Morgan fingerprint density at radius 3 is 2.71 bits per heavy atom. The number of benzene rings is 1. The highest BCUT2D eigenvalue weighted by Gasteiger charge is 2.25. The Bertz CT molecular complexity index is 1210. The number of amides is 1. The molecule has 0 saturated carbocycles. The summed E-state index contributed by atoms with van der Waals surface area (Å²) in [5.74, 6) is -1.90. The van der Waals surface area contributed by atoms with Crippen LogP contribution < -0.4 is 9.62 Å². The largest absolute Gasteiger partial charge is 0.451 e. The van der Waals surface area contributed by atoms with E-state index in [0.717, 1.165) is 19.5 Å². The molecule has 2 aromatic heterocycles. The maximum atomic E-state index is 14.4. The van der Waals surface area contributed by atoms with Gasteiger partial charge in [0.2, 0.25) is 0 Å². The number of carbonyl (C=O) groups is 1. The number of fused-ring (bicyclic) bond motifs is 1. The maximum Gasteiger partial charge on any atom is 0.300 e.